The van der Waals surface area contributed by atoms with Crippen LogP contribution in [0, 0.1) is 0 Å². The van der Waals surface area contributed by atoms with Crippen molar-refractivity contribution < 1.29 is 9.59 Å². The lowest BCUT2D eigenvalue weighted by Gasteiger charge is -2.34. The van der Waals surface area contributed by atoms with E-state index in [-0.39, 0.29) is 11.8 Å². The van der Waals surface area contributed by atoms with Crippen molar-refractivity contribution >= 4 is 45.6 Å². The molecule has 30 heavy (non-hydrogen) atoms. The van der Waals surface area contributed by atoms with Crippen molar-refractivity contribution in [2.24, 2.45) is 0 Å². The molecule has 2 saturated heterocycles. The zero-order valence-corrected chi connectivity index (χ0v) is 19.0. The number of aromatic nitrogens is 1. The third-order valence-electron chi connectivity index (χ3n) is 6.04. The Bertz CT molecular complexity index is 933. The Labute approximate surface area is 186 Å². The van der Waals surface area contributed by atoms with E-state index in [9.17, 15) is 9.59 Å². The molecule has 0 bridgehead atoms. The number of benzene rings is 1. The first-order valence-corrected chi connectivity index (χ1v) is 11.7. The third-order valence-corrected chi connectivity index (χ3v) is 7.15. The second-order valence-electron chi connectivity index (χ2n) is 8.06. The highest BCUT2D eigenvalue weighted by atomic mass is 35.5. The average Bonchev–Trinajstić information content (AvgIpc) is 3.42. The van der Waals surface area contributed by atoms with Gasteiger partial charge in [-0.25, -0.2) is 4.98 Å². The quantitative estimate of drug-likeness (QED) is 0.680. The molecule has 8 heteroatoms. The maximum atomic E-state index is 12.3. The summed E-state index contributed by atoms with van der Waals surface area (Å²) in [6.07, 6.45) is 4.43. The van der Waals surface area contributed by atoms with Crippen LogP contribution in [-0.4, -0.2) is 51.8 Å². The van der Waals surface area contributed by atoms with Crippen LogP contribution in [-0.2, 0) is 16.1 Å². The van der Waals surface area contributed by atoms with Gasteiger partial charge in [0.15, 0.2) is 5.13 Å². The Morgan fingerprint density at radius 2 is 1.97 bits per heavy atom. The Hall–Kier alpha value is -1.96. The van der Waals surface area contributed by atoms with Gasteiger partial charge in [0.1, 0.15) is 0 Å². The number of halogens is 1. The zero-order chi connectivity index (χ0) is 21.3. The van der Waals surface area contributed by atoms with Crippen molar-refractivity contribution in [2.75, 3.05) is 18.0 Å². The molecule has 3 heterocycles. The van der Waals surface area contributed by atoms with Gasteiger partial charge in [-0.15, -0.1) is 11.3 Å². The molecule has 0 spiro atoms. The summed E-state index contributed by atoms with van der Waals surface area (Å²) in [6.45, 7) is 5.85. The Balaban J connectivity index is 1.51. The molecule has 2 atom stereocenters. The summed E-state index contributed by atoms with van der Waals surface area (Å²) >= 11 is 7.59. The normalized spacial score (nSPS) is 21.9. The number of amides is 2. The number of hydrogen-bond acceptors (Lipinski definition) is 5. The molecule has 1 aromatic heterocycles. The van der Waals surface area contributed by atoms with E-state index in [0.717, 1.165) is 56.7 Å². The number of hydrogen-bond donors (Lipinski definition) is 0. The first-order chi connectivity index (χ1) is 14.4. The van der Waals surface area contributed by atoms with E-state index in [1.165, 1.54) is 18.3 Å². The maximum absolute atomic E-state index is 12.3. The van der Waals surface area contributed by atoms with Crippen LogP contribution in [0.15, 0.2) is 29.6 Å². The number of likely N-dealkylation sites (tertiary alicyclic amines) is 2. The minimum Gasteiger partial charge on any atom is -0.338 e. The fourth-order valence-electron chi connectivity index (χ4n) is 4.79. The van der Waals surface area contributed by atoms with Gasteiger partial charge in [0.05, 0.1) is 11.4 Å². The first kappa shape index (κ1) is 21.3. The van der Waals surface area contributed by atoms with Crippen molar-refractivity contribution in [3.05, 3.63) is 40.4 Å². The summed E-state index contributed by atoms with van der Waals surface area (Å²) < 4.78 is 0. The lowest BCUT2D eigenvalue weighted by atomic mass is 10.0. The molecule has 0 radical (unpaired) electrons. The fraction of sp³-hybridized carbons (Fsp3) is 0.500. The van der Waals surface area contributed by atoms with Crippen molar-refractivity contribution in [3.8, 4) is 0 Å². The van der Waals surface area contributed by atoms with Crippen LogP contribution in [0.5, 0.6) is 0 Å². The van der Waals surface area contributed by atoms with Crippen molar-refractivity contribution in [1.82, 2.24) is 14.8 Å². The molecule has 6 nitrogen and oxygen atoms in total. The van der Waals surface area contributed by atoms with Gasteiger partial charge in [-0.1, -0.05) is 17.7 Å². The largest absolute Gasteiger partial charge is 0.338 e. The standard InChI is InChI=1S/C22H27ClN4O2S/c1-15(28)26-11-5-9-21(26)20-8-4-10-25(20)13-18-14-30-22(24-18)27(16(2)29)19-7-3-6-17(23)12-19/h3,6-7,12,14,20-21H,4-5,8-11,13H2,1-2H3. The van der Waals surface area contributed by atoms with Crippen LogP contribution in [0.25, 0.3) is 0 Å². The molecular formula is C22H27ClN4O2S. The van der Waals surface area contributed by atoms with Crippen molar-refractivity contribution in [1.29, 1.82) is 0 Å². The number of anilines is 2. The minimum absolute atomic E-state index is 0.0970. The van der Waals surface area contributed by atoms with Crippen LogP contribution >= 0.6 is 22.9 Å². The summed E-state index contributed by atoms with van der Waals surface area (Å²) in [6, 6.07) is 7.96. The Morgan fingerprint density at radius 1 is 1.20 bits per heavy atom. The summed E-state index contributed by atoms with van der Waals surface area (Å²) in [7, 11) is 0. The monoisotopic (exact) mass is 446 g/mol. The van der Waals surface area contributed by atoms with Crippen LogP contribution in [0.3, 0.4) is 0 Å². The summed E-state index contributed by atoms with van der Waals surface area (Å²) in [5.41, 5.74) is 1.68. The highest BCUT2D eigenvalue weighted by molar-refractivity contribution is 7.14. The molecule has 2 aliphatic heterocycles. The van der Waals surface area contributed by atoms with Gasteiger partial charge in [-0.2, -0.15) is 0 Å². The molecule has 2 unspecified atom stereocenters. The van der Waals surface area contributed by atoms with E-state index in [0.29, 0.717) is 22.2 Å². The van der Waals surface area contributed by atoms with Crippen LogP contribution in [0.2, 0.25) is 5.02 Å². The smallest absolute Gasteiger partial charge is 0.230 e. The molecule has 1 aromatic carbocycles. The topological polar surface area (TPSA) is 56.8 Å². The van der Waals surface area contributed by atoms with Crippen molar-refractivity contribution in [3.63, 3.8) is 0 Å². The summed E-state index contributed by atoms with van der Waals surface area (Å²) in [4.78, 5) is 35.3. The molecule has 0 saturated carbocycles. The summed E-state index contributed by atoms with van der Waals surface area (Å²) in [5.74, 6) is 0.0826. The molecule has 160 valence electrons. The zero-order valence-electron chi connectivity index (χ0n) is 17.4. The predicted molar refractivity (Wildman–Crippen MR) is 120 cm³/mol. The maximum Gasteiger partial charge on any atom is 0.230 e. The second kappa shape index (κ2) is 9.04. The van der Waals surface area contributed by atoms with Gasteiger partial charge < -0.3 is 4.90 Å². The molecule has 2 aromatic rings. The highest BCUT2D eigenvalue weighted by Gasteiger charge is 2.38. The van der Waals surface area contributed by atoms with E-state index < -0.39 is 0 Å². The Morgan fingerprint density at radius 3 is 2.70 bits per heavy atom. The van der Waals surface area contributed by atoms with Crippen LogP contribution in [0.4, 0.5) is 10.8 Å². The predicted octanol–water partition coefficient (Wildman–Crippen LogP) is 4.46. The first-order valence-electron chi connectivity index (χ1n) is 10.5. The van der Waals surface area contributed by atoms with Gasteiger partial charge in [-0.3, -0.25) is 19.4 Å². The van der Waals surface area contributed by atoms with Crippen LogP contribution < -0.4 is 4.90 Å². The lowest BCUT2D eigenvalue weighted by molar-refractivity contribution is -0.130. The van der Waals surface area contributed by atoms with E-state index in [2.05, 4.69) is 4.90 Å². The Kier molecular flexibility index (Phi) is 6.41. The third kappa shape index (κ3) is 4.38. The molecular weight excluding hydrogens is 420 g/mol. The van der Waals surface area contributed by atoms with E-state index in [1.807, 2.05) is 22.4 Å². The fourth-order valence-corrected chi connectivity index (χ4v) is 5.85. The van der Waals surface area contributed by atoms with Gasteiger partial charge in [0, 0.05) is 49.4 Å². The minimum atomic E-state index is -0.0970. The van der Waals surface area contributed by atoms with E-state index >= 15 is 0 Å². The molecule has 0 aliphatic carbocycles. The second-order valence-corrected chi connectivity index (χ2v) is 9.33. The molecule has 4 rings (SSSR count). The number of thiazole rings is 1. The van der Waals surface area contributed by atoms with E-state index in [1.54, 1.807) is 24.0 Å². The average molecular weight is 447 g/mol. The number of rotatable bonds is 5. The SMILES string of the molecule is CC(=O)N(c1cccc(Cl)c1)c1nc(CN2CCCC2C2CCCN2C(C)=O)cs1. The number of carbonyl (C=O) groups is 2. The van der Waals surface area contributed by atoms with Crippen LogP contribution in [0.1, 0.15) is 45.2 Å². The lowest BCUT2D eigenvalue weighted by Crippen LogP contribution is -2.47. The number of carbonyl (C=O) groups excluding carboxylic acids is 2. The van der Waals surface area contributed by atoms with Gasteiger partial charge in [0.25, 0.3) is 0 Å². The highest BCUT2D eigenvalue weighted by Crippen LogP contribution is 2.33. The number of nitrogens with zero attached hydrogens (tertiary/aromatic N) is 4. The molecule has 0 N–H and O–H groups in total. The molecule has 2 amide bonds. The van der Waals surface area contributed by atoms with Gasteiger partial charge in [-0.05, 0) is 50.4 Å². The summed E-state index contributed by atoms with van der Waals surface area (Å²) in [5, 5.41) is 3.27. The van der Waals surface area contributed by atoms with E-state index in [4.69, 9.17) is 16.6 Å². The van der Waals surface area contributed by atoms with Gasteiger partial charge >= 0.3 is 0 Å². The molecule has 2 aliphatic rings. The van der Waals surface area contributed by atoms with Gasteiger partial charge in [0.2, 0.25) is 11.8 Å². The molecule has 2 fully saturated rings. The van der Waals surface area contributed by atoms with Crippen molar-refractivity contribution in [2.45, 2.75) is 58.2 Å².